The summed E-state index contributed by atoms with van der Waals surface area (Å²) in [5.74, 6) is -0.951. The normalized spacial score (nSPS) is 15.2. The van der Waals surface area contributed by atoms with Gasteiger partial charge in [-0.25, -0.2) is 4.79 Å². The van der Waals surface area contributed by atoms with E-state index in [1.54, 1.807) is 18.2 Å². The van der Waals surface area contributed by atoms with Gasteiger partial charge in [-0.1, -0.05) is 29.8 Å². The molecule has 0 amide bonds. The fourth-order valence-corrected chi connectivity index (χ4v) is 4.08. The Kier molecular flexibility index (Phi) is 3.97. The van der Waals surface area contributed by atoms with Crippen LogP contribution in [0.4, 0.5) is 17.1 Å². The molecule has 0 aliphatic carbocycles. The summed E-state index contributed by atoms with van der Waals surface area (Å²) in [6, 6.07) is 16.2. The highest BCUT2D eigenvalue weighted by atomic mass is 35.5. The van der Waals surface area contributed by atoms with Gasteiger partial charge in [0, 0.05) is 29.7 Å². The second kappa shape index (κ2) is 6.21. The summed E-state index contributed by atoms with van der Waals surface area (Å²) in [7, 11) is 1.97. The molecular weight excluding hydrogens is 362 g/mol. The summed E-state index contributed by atoms with van der Waals surface area (Å²) in [6.07, 6.45) is 0. The number of hydrogen-bond acceptors (Lipinski definition) is 4. The third kappa shape index (κ3) is 2.76. The number of nitrogen functional groups attached to an aromatic ring is 2. The number of nitrogens with two attached hydrogens (primary N) is 2. The van der Waals surface area contributed by atoms with Gasteiger partial charge in [0.2, 0.25) is 0 Å². The van der Waals surface area contributed by atoms with Gasteiger partial charge < -0.3 is 21.5 Å². The Morgan fingerprint density at radius 2 is 1.74 bits per heavy atom. The first-order valence-corrected chi connectivity index (χ1v) is 8.79. The zero-order valence-corrected chi connectivity index (χ0v) is 15.4. The smallest absolute Gasteiger partial charge is 0.335 e. The highest BCUT2D eigenvalue weighted by Gasteiger charge is 2.32. The van der Waals surface area contributed by atoms with E-state index in [2.05, 4.69) is 4.90 Å². The van der Waals surface area contributed by atoms with E-state index in [1.165, 1.54) is 0 Å². The van der Waals surface area contributed by atoms with E-state index < -0.39 is 5.97 Å². The quantitative estimate of drug-likeness (QED) is 0.573. The van der Waals surface area contributed by atoms with E-state index in [0.29, 0.717) is 16.4 Å². The van der Waals surface area contributed by atoms with Crippen LogP contribution in [0.25, 0.3) is 11.1 Å². The lowest BCUT2D eigenvalue weighted by Crippen LogP contribution is -2.29. The van der Waals surface area contributed by atoms with E-state index in [9.17, 15) is 4.79 Å². The summed E-state index contributed by atoms with van der Waals surface area (Å²) in [5.41, 5.74) is 18.4. The SMILES string of the molecule is CN1c2cc(N)cc(Cl)c2-c2ccc(N)cc2C1c1ccc(C(=O)O)cc1. The van der Waals surface area contributed by atoms with Crippen LogP contribution < -0.4 is 16.4 Å². The molecule has 0 saturated carbocycles. The number of halogens is 1. The molecule has 5 nitrogen and oxygen atoms in total. The van der Waals surface area contributed by atoms with Crippen molar-refractivity contribution in [1.82, 2.24) is 0 Å². The number of rotatable bonds is 2. The molecule has 0 radical (unpaired) electrons. The maximum atomic E-state index is 11.2. The molecule has 1 aliphatic heterocycles. The molecule has 136 valence electrons. The number of carboxylic acid groups (broad SMARTS) is 1. The Hall–Kier alpha value is -3.18. The molecule has 4 rings (SSSR count). The lowest BCUT2D eigenvalue weighted by atomic mass is 9.84. The molecule has 3 aromatic carbocycles. The number of carbonyl (C=O) groups is 1. The first-order chi connectivity index (χ1) is 12.9. The van der Waals surface area contributed by atoms with Gasteiger partial charge in [0.15, 0.2) is 0 Å². The van der Waals surface area contributed by atoms with Crippen LogP contribution in [-0.4, -0.2) is 18.1 Å². The molecule has 6 heteroatoms. The van der Waals surface area contributed by atoms with Crippen LogP contribution in [0.3, 0.4) is 0 Å². The number of benzene rings is 3. The minimum absolute atomic E-state index is 0.142. The first-order valence-electron chi connectivity index (χ1n) is 8.41. The van der Waals surface area contributed by atoms with Gasteiger partial charge in [0.05, 0.1) is 16.6 Å². The van der Waals surface area contributed by atoms with Gasteiger partial charge in [-0.2, -0.15) is 0 Å². The van der Waals surface area contributed by atoms with Crippen LogP contribution in [0.15, 0.2) is 54.6 Å². The number of fused-ring (bicyclic) bond motifs is 3. The van der Waals surface area contributed by atoms with Gasteiger partial charge in [-0.05, 0) is 53.1 Å². The maximum Gasteiger partial charge on any atom is 0.335 e. The van der Waals surface area contributed by atoms with Gasteiger partial charge >= 0.3 is 5.97 Å². The molecule has 0 spiro atoms. The second-order valence-electron chi connectivity index (χ2n) is 6.68. The average molecular weight is 380 g/mol. The van der Waals surface area contributed by atoms with E-state index in [0.717, 1.165) is 27.9 Å². The number of anilines is 3. The van der Waals surface area contributed by atoms with E-state index in [4.69, 9.17) is 28.2 Å². The lowest BCUT2D eigenvalue weighted by molar-refractivity contribution is 0.0697. The molecule has 0 fully saturated rings. The lowest BCUT2D eigenvalue weighted by Gasteiger charge is -2.38. The number of carboxylic acids is 1. The fraction of sp³-hybridized carbons (Fsp3) is 0.0952. The first kappa shape index (κ1) is 17.2. The topological polar surface area (TPSA) is 92.6 Å². The van der Waals surface area contributed by atoms with Crippen LogP contribution in [-0.2, 0) is 0 Å². The summed E-state index contributed by atoms with van der Waals surface area (Å²) in [5, 5.41) is 9.75. The van der Waals surface area contributed by atoms with Crippen molar-refractivity contribution in [1.29, 1.82) is 0 Å². The molecule has 1 unspecified atom stereocenters. The van der Waals surface area contributed by atoms with Crippen molar-refractivity contribution in [2.24, 2.45) is 0 Å². The zero-order chi connectivity index (χ0) is 19.3. The maximum absolute atomic E-state index is 11.2. The van der Waals surface area contributed by atoms with Crippen molar-refractivity contribution in [3.8, 4) is 11.1 Å². The van der Waals surface area contributed by atoms with Crippen molar-refractivity contribution in [2.75, 3.05) is 23.4 Å². The monoisotopic (exact) mass is 379 g/mol. The van der Waals surface area contributed by atoms with Crippen LogP contribution >= 0.6 is 11.6 Å². The standard InChI is InChI=1S/C21H18ClN3O2/c1-25-18-10-14(24)9-17(22)19(18)15-7-6-13(23)8-16(15)20(25)11-2-4-12(5-3-11)21(26)27/h2-10,20H,23-24H2,1H3,(H,26,27). The van der Waals surface area contributed by atoms with Gasteiger partial charge in [-0.15, -0.1) is 0 Å². The van der Waals surface area contributed by atoms with Crippen LogP contribution in [0.2, 0.25) is 5.02 Å². The minimum Gasteiger partial charge on any atom is -0.478 e. The summed E-state index contributed by atoms with van der Waals surface area (Å²) < 4.78 is 0. The van der Waals surface area contributed by atoms with Crippen molar-refractivity contribution in [2.45, 2.75) is 6.04 Å². The number of aromatic carboxylic acids is 1. The van der Waals surface area contributed by atoms with Crippen LogP contribution in [0.5, 0.6) is 0 Å². The van der Waals surface area contributed by atoms with E-state index in [1.807, 2.05) is 43.4 Å². The highest BCUT2D eigenvalue weighted by Crippen LogP contribution is 2.50. The molecule has 5 N–H and O–H groups in total. The predicted octanol–water partition coefficient (Wildman–Crippen LogP) is 4.41. The van der Waals surface area contributed by atoms with Gasteiger partial charge in [-0.3, -0.25) is 0 Å². The van der Waals surface area contributed by atoms with Crippen molar-refractivity contribution in [3.63, 3.8) is 0 Å². The molecule has 0 saturated heterocycles. The number of nitrogens with zero attached hydrogens (tertiary/aromatic N) is 1. The third-order valence-corrected chi connectivity index (χ3v) is 5.27. The van der Waals surface area contributed by atoms with Crippen LogP contribution in [0, 0.1) is 0 Å². The molecule has 1 heterocycles. The van der Waals surface area contributed by atoms with Crippen LogP contribution in [0.1, 0.15) is 27.5 Å². The van der Waals surface area contributed by atoms with Crippen molar-refractivity contribution >= 4 is 34.6 Å². The van der Waals surface area contributed by atoms with Gasteiger partial charge in [0.1, 0.15) is 0 Å². The highest BCUT2D eigenvalue weighted by molar-refractivity contribution is 6.34. The summed E-state index contributed by atoms with van der Waals surface area (Å²) in [6.45, 7) is 0. The Morgan fingerprint density at radius 1 is 1.04 bits per heavy atom. The molecular formula is C21H18ClN3O2. The average Bonchev–Trinajstić information content (AvgIpc) is 2.62. The Balaban J connectivity index is 1.95. The number of hydrogen-bond donors (Lipinski definition) is 3. The fourth-order valence-electron chi connectivity index (χ4n) is 3.75. The molecule has 0 bridgehead atoms. The third-order valence-electron chi connectivity index (χ3n) is 4.97. The Labute approximate surface area is 161 Å². The van der Waals surface area contributed by atoms with E-state index in [-0.39, 0.29) is 11.6 Å². The van der Waals surface area contributed by atoms with E-state index >= 15 is 0 Å². The predicted molar refractivity (Wildman–Crippen MR) is 109 cm³/mol. The molecule has 1 atom stereocenters. The molecule has 3 aromatic rings. The summed E-state index contributed by atoms with van der Waals surface area (Å²) in [4.78, 5) is 13.3. The van der Waals surface area contributed by atoms with Gasteiger partial charge in [0.25, 0.3) is 0 Å². The molecule has 1 aliphatic rings. The largest absolute Gasteiger partial charge is 0.478 e. The molecule has 27 heavy (non-hydrogen) atoms. The minimum atomic E-state index is -0.951. The summed E-state index contributed by atoms with van der Waals surface area (Å²) >= 11 is 6.53. The van der Waals surface area contributed by atoms with Crippen molar-refractivity contribution < 1.29 is 9.90 Å². The molecule has 0 aromatic heterocycles. The second-order valence-corrected chi connectivity index (χ2v) is 7.09. The van der Waals surface area contributed by atoms with Crippen molar-refractivity contribution in [3.05, 3.63) is 76.3 Å². The Morgan fingerprint density at radius 3 is 2.41 bits per heavy atom. The zero-order valence-electron chi connectivity index (χ0n) is 14.6. The Bertz CT molecular complexity index is 1060.